The molecule has 1 heterocycles. The van der Waals surface area contributed by atoms with Crippen molar-refractivity contribution in [3.63, 3.8) is 0 Å². The van der Waals surface area contributed by atoms with Crippen LogP contribution in [0.3, 0.4) is 0 Å². The molecular formula is C23H32N2O3. The fourth-order valence-corrected chi connectivity index (χ4v) is 3.60. The summed E-state index contributed by atoms with van der Waals surface area (Å²) in [6.07, 6.45) is 7.75. The van der Waals surface area contributed by atoms with Gasteiger partial charge in [-0.2, -0.15) is 0 Å². The van der Waals surface area contributed by atoms with E-state index < -0.39 is 6.10 Å². The van der Waals surface area contributed by atoms with Crippen molar-refractivity contribution in [1.29, 1.82) is 0 Å². The number of ether oxygens (including phenoxy) is 2. The molecule has 1 atom stereocenters. The number of hydrogen-bond donors (Lipinski definition) is 1. The van der Waals surface area contributed by atoms with Gasteiger partial charge in [-0.15, -0.1) is 0 Å². The van der Waals surface area contributed by atoms with Crippen LogP contribution in [0.4, 0.5) is 0 Å². The summed E-state index contributed by atoms with van der Waals surface area (Å²) in [4.78, 5) is 6.38. The molecule has 1 saturated carbocycles. The molecule has 0 saturated heterocycles. The Morgan fingerprint density at radius 2 is 1.89 bits per heavy atom. The van der Waals surface area contributed by atoms with E-state index in [1.165, 1.54) is 24.8 Å². The predicted octanol–water partition coefficient (Wildman–Crippen LogP) is 3.80. The molecule has 1 N–H and O–H groups in total. The van der Waals surface area contributed by atoms with Gasteiger partial charge >= 0.3 is 0 Å². The Balaban J connectivity index is 1.36. The minimum atomic E-state index is -0.451. The van der Waals surface area contributed by atoms with Crippen molar-refractivity contribution >= 4 is 0 Å². The fraction of sp³-hybridized carbons (Fsp3) is 0.522. The Morgan fingerprint density at radius 1 is 1.11 bits per heavy atom. The fourth-order valence-electron chi connectivity index (χ4n) is 3.60. The maximum absolute atomic E-state index is 10.3. The topological polar surface area (TPSA) is 54.8 Å². The number of aromatic nitrogens is 1. The van der Waals surface area contributed by atoms with Gasteiger partial charge in [0, 0.05) is 19.3 Å². The summed E-state index contributed by atoms with van der Waals surface area (Å²) in [5, 5.41) is 10.3. The first-order valence-corrected chi connectivity index (χ1v) is 10.3. The van der Waals surface area contributed by atoms with Gasteiger partial charge < -0.3 is 14.6 Å². The lowest BCUT2D eigenvalue weighted by atomic mass is 9.98. The number of pyridine rings is 1. The monoisotopic (exact) mass is 384 g/mol. The second-order valence-corrected chi connectivity index (χ2v) is 7.70. The third-order valence-electron chi connectivity index (χ3n) is 5.09. The van der Waals surface area contributed by atoms with E-state index in [4.69, 9.17) is 9.47 Å². The molecular weight excluding hydrogens is 352 g/mol. The first-order valence-electron chi connectivity index (χ1n) is 10.3. The molecule has 0 unspecified atom stereocenters. The minimum absolute atomic E-state index is 0.340. The third kappa shape index (κ3) is 7.23. The van der Waals surface area contributed by atoms with E-state index in [9.17, 15) is 5.11 Å². The molecule has 1 fully saturated rings. The zero-order chi connectivity index (χ0) is 19.6. The molecule has 0 bridgehead atoms. The molecule has 5 nitrogen and oxygen atoms in total. The SMILES string of the molecule is CN(Cc1ccc(OCc2ccccn2)cc1)C[C@@H](O)COC1CCCCC1. The maximum atomic E-state index is 10.3. The summed E-state index contributed by atoms with van der Waals surface area (Å²) in [5.41, 5.74) is 2.10. The quantitative estimate of drug-likeness (QED) is 0.675. The van der Waals surface area contributed by atoms with Crippen molar-refractivity contribution in [2.45, 2.75) is 57.5 Å². The van der Waals surface area contributed by atoms with Crippen LogP contribution in [0, 0.1) is 0 Å². The minimum Gasteiger partial charge on any atom is -0.487 e. The Morgan fingerprint density at radius 3 is 2.61 bits per heavy atom. The highest BCUT2D eigenvalue weighted by atomic mass is 16.5. The predicted molar refractivity (Wildman–Crippen MR) is 110 cm³/mol. The Bertz CT molecular complexity index is 672. The van der Waals surface area contributed by atoms with Gasteiger partial charge in [0.2, 0.25) is 0 Å². The number of aliphatic hydroxyl groups is 1. The van der Waals surface area contributed by atoms with Gasteiger partial charge in [0.1, 0.15) is 12.4 Å². The van der Waals surface area contributed by atoms with E-state index >= 15 is 0 Å². The van der Waals surface area contributed by atoms with Crippen LogP contribution in [0.5, 0.6) is 5.75 Å². The zero-order valence-electron chi connectivity index (χ0n) is 16.8. The summed E-state index contributed by atoms with van der Waals surface area (Å²) in [6.45, 7) is 2.27. The van der Waals surface area contributed by atoms with Gasteiger partial charge in [-0.05, 0) is 49.7 Å². The number of likely N-dealkylation sites (N-methyl/N-ethyl adjacent to an activating group) is 1. The van der Waals surface area contributed by atoms with Gasteiger partial charge in [0.15, 0.2) is 0 Å². The van der Waals surface area contributed by atoms with Crippen molar-refractivity contribution in [1.82, 2.24) is 9.88 Å². The number of hydrogen-bond acceptors (Lipinski definition) is 5. The van der Waals surface area contributed by atoms with Crippen molar-refractivity contribution < 1.29 is 14.6 Å². The molecule has 1 aliphatic carbocycles. The molecule has 0 aliphatic heterocycles. The van der Waals surface area contributed by atoms with E-state index in [-0.39, 0.29) is 0 Å². The lowest BCUT2D eigenvalue weighted by Crippen LogP contribution is -2.33. The molecule has 0 spiro atoms. The molecule has 2 aromatic rings. The van der Waals surface area contributed by atoms with E-state index in [1.54, 1.807) is 6.20 Å². The molecule has 152 valence electrons. The number of aliphatic hydroxyl groups excluding tert-OH is 1. The van der Waals surface area contributed by atoms with Crippen LogP contribution in [0.25, 0.3) is 0 Å². The summed E-state index contributed by atoms with van der Waals surface area (Å²) >= 11 is 0. The number of nitrogens with zero attached hydrogens (tertiary/aromatic N) is 2. The molecule has 1 aliphatic rings. The summed E-state index contributed by atoms with van der Waals surface area (Å²) in [6, 6.07) is 13.9. The van der Waals surface area contributed by atoms with Crippen molar-refractivity contribution in [2.75, 3.05) is 20.2 Å². The molecule has 1 aromatic carbocycles. The highest BCUT2D eigenvalue weighted by Crippen LogP contribution is 2.20. The van der Waals surface area contributed by atoms with Crippen LogP contribution in [-0.4, -0.2) is 47.4 Å². The van der Waals surface area contributed by atoms with E-state index in [1.807, 2.05) is 37.4 Å². The third-order valence-corrected chi connectivity index (χ3v) is 5.09. The first-order chi connectivity index (χ1) is 13.7. The second-order valence-electron chi connectivity index (χ2n) is 7.70. The van der Waals surface area contributed by atoms with Crippen LogP contribution < -0.4 is 4.74 Å². The van der Waals surface area contributed by atoms with Gasteiger partial charge in [0.25, 0.3) is 0 Å². The smallest absolute Gasteiger partial charge is 0.130 e. The molecule has 28 heavy (non-hydrogen) atoms. The van der Waals surface area contributed by atoms with Crippen LogP contribution in [0.15, 0.2) is 48.7 Å². The molecule has 3 rings (SSSR count). The van der Waals surface area contributed by atoms with Gasteiger partial charge in [0.05, 0.1) is 24.5 Å². The highest BCUT2D eigenvalue weighted by molar-refractivity contribution is 5.27. The Hall–Kier alpha value is -1.95. The standard InChI is InChI=1S/C23H32N2O3/c1-25(16-21(26)18-28-22-8-3-2-4-9-22)15-19-10-12-23(13-11-19)27-17-20-7-5-6-14-24-20/h5-7,10-14,21-22,26H,2-4,8-9,15-18H2,1H3/t21-/m1/s1. The lowest BCUT2D eigenvalue weighted by Gasteiger charge is -2.25. The number of benzene rings is 1. The van der Waals surface area contributed by atoms with Crippen molar-refractivity contribution in [3.8, 4) is 5.75 Å². The van der Waals surface area contributed by atoms with Crippen molar-refractivity contribution in [3.05, 3.63) is 59.9 Å². The van der Waals surface area contributed by atoms with E-state index in [0.717, 1.165) is 30.8 Å². The number of rotatable bonds is 10. The molecule has 0 radical (unpaired) electrons. The average Bonchev–Trinajstić information content (AvgIpc) is 2.73. The van der Waals surface area contributed by atoms with Crippen LogP contribution in [-0.2, 0) is 17.9 Å². The van der Waals surface area contributed by atoms with Crippen LogP contribution in [0.1, 0.15) is 43.4 Å². The zero-order valence-corrected chi connectivity index (χ0v) is 16.8. The molecule has 0 amide bonds. The highest BCUT2D eigenvalue weighted by Gasteiger charge is 2.16. The van der Waals surface area contributed by atoms with E-state index in [2.05, 4.69) is 22.0 Å². The first kappa shape index (κ1) is 20.8. The largest absolute Gasteiger partial charge is 0.487 e. The average molecular weight is 385 g/mol. The Labute approximate surface area is 168 Å². The van der Waals surface area contributed by atoms with Crippen LogP contribution in [0.2, 0.25) is 0 Å². The second kappa shape index (κ2) is 11.1. The van der Waals surface area contributed by atoms with Gasteiger partial charge in [-0.3, -0.25) is 9.88 Å². The molecule has 5 heteroatoms. The Kier molecular flexibility index (Phi) is 8.27. The summed E-state index contributed by atoms with van der Waals surface area (Å²) in [7, 11) is 2.02. The van der Waals surface area contributed by atoms with E-state index in [0.29, 0.717) is 25.9 Å². The van der Waals surface area contributed by atoms with Crippen molar-refractivity contribution in [2.24, 2.45) is 0 Å². The normalized spacial score (nSPS) is 16.2. The lowest BCUT2D eigenvalue weighted by molar-refractivity contribution is -0.0319. The maximum Gasteiger partial charge on any atom is 0.130 e. The summed E-state index contributed by atoms with van der Waals surface area (Å²) in [5.74, 6) is 0.831. The summed E-state index contributed by atoms with van der Waals surface area (Å²) < 4.78 is 11.7. The van der Waals surface area contributed by atoms with Gasteiger partial charge in [-0.25, -0.2) is 0 Å². The molecule has 1 aromatic heterocycles. The van der Waals surface area contributed by atoms with Crippen LogP contribution >= 0.6 is 0 Å². The van der Waals surface area contributed by atoms with Gasteiger partial charge in [-0.1, -0.05) is 37.5 Å².